The summed E-state index contributed by atoms with van der Waals surface area (Å²) in [6, 6.07) is 0. The lowest BCUT2D eigenvalue weighted by Gasteiger charge is -2.37. The number of alkyl halides is 2. The molecule has 0 bridgehead atoms. The standard InChI is InChI=1S/C29H52F2O2/c1-21-4-8-24(9-5-21)20-33-29(23(3)31)17-16-28(18-30)32-19-25-10-14-27(15-11-25)26-12-6-22(2)7-13-26/h21-29H,4-20H2,1-3H3. The monoisotopic (exact) mass is 470 g/mol. The molecule has 3 atom stereocenters. The number of hydrogen-bond donors (Lipinski definition) is 0. The lowest BCUT2D eigenvalue weighted by atomic mass is 9.69. The van der Waals surface area contributed by atoms with E-state index in [1.807, 2.05) is 0 Å². The highest BCUT2D eigenvalue weighted by molar-refractivity contribution is 4.81. The van der Waals surface area contributed by atoms with E-state index in [9.17, 15) is 8.78 Å². The number of ether oxygens (including phenoxy) is 2. The van der Waals surface area contributed by atoms with Crippen LogP contribution in [0.15, 0.2) is 0 Å². The summed E-state index contributed by atoms with van der Waals surface area (Å²) in [5, 5.41) is 0. The van der Waals surface area contributed by atoms with E-state index in [-0.39, 0.29) is 0 Å². The quantitative estimate of drug-likeness (QED) is 0.285. The molecule has 3 aliphatic carbocycles. The summed E-state index contributed by atoms with van der Waals surface area (Å²) in [6.07, 6.45) is 14.9. The third kappa shape index (κ3) is 9.39. The van der Waals surface area contributed by atoms with Gasteiger partial charge >= 0.3 is 0 Å². The van der Waals surface area contributed by atoms with Crippen molar-refractivity contribution in [2.45, 2.75) is 129 Å². The van der Waals surface area contributed by atoms with Crippen molar-refractivity contribution in [2.75, 3.05) is 19.9 Å². The molecule has 0 heterocycles. The fraction of sp³-hybridized carbons (Fsp3) is 1.00. The van der Waals surface area contributed by atoms with E-state index in [1.54, 1.807) is 6.92 Å². The van der Waals surface area contributed by atoms with Crippen LogP contribution in [-0.2, 0) is 9.47 Å². The average Bonchev–Trinajstić information content (AvgIpc) is 2.82. The Balaban J connectivity index is 1.31. The molecule has 2 nitrogen and oxygen atoms in total. The molecule has 0 spiro atoms. The zero-order valence-electron chi connectivity index (χ0n) is 21.8. The highest BCUT2D eigenvalue weighted by Gasteiger charge is 2.30. The Kier molecular flexibility index (Phi) is 11.9. The summed E-state index contributed by atoms with van der Waals surface area (Å²) < 4.78 is 39.8. The Morgan fingerprint density at radius 3 is 1.64 bits per heavy atom. The minimum absolute atomic E-state index is 0.414. The highest BCUT2D eigenvalue weighted by Crippen LogP contribution is 2.41. The van der Waals surface area contributed by atoms with Crippen LogP contribution in [0, 0.1) is 35.5 Å². The lowest BCUT2D eigenvalue weighted by molar-refractivity contribution is -0.0448. The van der Waals surface area contributed by atoms with Gasteiger partial charge in [-0.3, -0.25) is 0 Å². The van der Waals surface area contributed by atoms with Crippen molar-refractivity contribution in [2.24, 2.45) is 35.5 Å². The fourth-order valence-corrected chi connectivity index (χ4v) is 6.61. The first kappa shape index (κ1) is 27.4. The maximum atomic E-state index is 14.2. The van der Waals surface area contributed by atoms with E-state index < -0.39 is 25.1 Å². The van der Waals surface area contributed by atoms with Gasteiger partial charge in [0.1, 0.15) is 12.8 Å². The zero-order chi connectivity index (χ0) is 23.6. The fourth-order valence-electron chi connectivity index (χ4n) is 6.61. The zero-order valence-corrected chi connectivity index (χ0v) is 21.8. The molecule has 3 fully saturated rings. The second kappa shape index (κ2) is 14.4. The lowest BCUT2D eigenvalue weighted by Crippen LogP contribution is -2.30. The predicted octanol–water partition coefficient (Wildman–Crippen LogP) is 8.32. The molecule has 0 aromatic carbocycles. The van der Waals surface area contributed by atoms with Gasteiger partial charge in [0.15, 0.2) is 0 Å². The van der Waals surface area contributed by atoms with Crippen molar-refractivity contribution in [3.05, 3.63) is 0 Å². The number of hydrogen-bond acceptors (Lipinski definition) is 2. The predicted molar refractivity (Wildman–Crippen MR) is 133 cm³/mol. The van der Waals surface area contributed by atoms with E-state index in [1.165, 1.54) is 77.0 Å². The molecule has 0 aromatic heterocycles. The normalized spacial score (nSPS) is 36.3. The smallest absolute Gasteiger partial charge is 0.123 e. The Morgan fingerprint density at radius 2 is 1.12 bits per heavy atom. The van der Waals surface area contributed by atoms with Crippen molar-refractivity contribution in [1.29, 1.82) is 0 Å². The topological polar surface area (TPSA) is 18.5 Å². The van der Waals surface area contributed by atoms with Gasteiger partial charge in [-0.1, -0.05) is 39.5 Å². The van der Waals surface area contributed by atoms with E-state index in [0.29, 0.717) is 37.9 Å². The third-order valence-electron chi connectivity index (χ3n) is 9.33. The van der Waals surface area contributed by atoms with Gasteiger partial charge in [0.25, 0.3) is 0 Å². The molecule has 194 valence electrons. The molecule has 3 aliphatic rings. The third-order valence-corrected chi connectivity index (χ3v) is 9.33. The van der Waals surface area contributed by atoms with Gasteiger partial charge in [-0.05, 0) is 107 Å². The van der Waals surface area contributed by atoms with Crippen LogP contribution in [0.3, 0.4) is 0 Å². The maximum absolute atomic E-state index is 14.2. The van der Waals surface area contributed by atoms with Crippen LogP contribution in [0.4, 0.5) is 8.78 Å². The molecule has 3 rings (SSSR count). The van der Waals surface area contributed by atoms with Crippen LogP contribution in [0.25, 0.3) is 0 Å². The first-order valence-electron chi connectivity index (χ1n) is 14.4. The summed E-state index contributed by atoms with van der Waals surface area (Å²) in [7, 11) is 0. The molecule has 3 saturated carbocycles. The van der Waals surface area contributed by atoms with Crippen LogP contribution in [-0.4, -0.2) is 38.3 Å². The second-order valence-corrected chi connectivity index (χ2v) is 12.2. The Morgan fingerprint density at radius 1 is 0.667 bits per heavy atom. The molecule has 0 aliphatic heterocycles. The van der Waals surface area contributed by atoms with Gasteiger partial charge in [-0.2, -0.15) is 0 Å². The Labute approximate surface area is 202 Å². The molecule has 33 heavy (non-hydrogen) atoms. The van der Waals surface area contributed by atoms with Crippen LogP contribution in [0.1, 0.15) is 111 Å². The minimum Gasteiger partial charge on any atom is -0.375 e. The van der Waals surface area contributed by atoms with Gasteiger partial charge in [0.2, 0.25) is 0 Å². The molecule has 0 N–H and O–H groups in total. The van der Waals surface area contributed by atoms with Crippen molar-refractivity contribution >= 4 is 0 Å². The molecular formula is C29H52F2O2. The second-order valence-electron chi connectivity index (χ2n) is 12.2. The Hall–Kier alpha value is -0.220. The molecule has 0 radical (unpaired) electrons. The van der Waals surface area contributed by atoms with Crippen LogP contribution >= 0.6 is 0 Å². The summed E-state index contributed by atoms with van der Waals surface area (Å²) >= 11 is 0. The van der Waals surface area contributed by atoms with E-state index in [4.69, 9.17) is 9.47 Å². The summed E-state index contributed by atoms with van der Waals surface area (Å²) in [5.74, 6) is 4.71. The molecule has 0 saturated heterocycles. The molecule has 4 heteroatoms. The van der Waals surface area contributed by atoms with Crippen molar-refractivity contribution < 1.29 is 18.3 Å². The molecule has 0 aromatic rings. The van der Waals surface area contributed by atoms with E-state index in [2.05, 4.69) is 13.8 Å². The van der Waals surface area contributed by atoms with Crippen LogP contribution in [0.5, 0.6) is 0 Å². The number of halogens is 2. The molecular weight excluding hydrogens is 418 g/mol. The van der Waals surface area contributed by atoms with Gasteiger partial charge < -0.3 is 9.47 Å². The first-order chi connectivity index (χ1) is 15.9. The summed E-state index contributed by atoms with van der Waals surface area (Å²) in [5.41, 5.74) is 0. The van der Waals surface area contributed by atoms with Crippen molar-refractivity contribution in [1.82, 2.24) is 0 Å². The van der Waals surface area contributed by atoms with Gasteiger partial charge in [-0.25, -0.2) is 8.78 Å². The molecule has 3 unspecified atom stereocenters. The van der Waals surface area contributed by atoms with E-state index >= 15 is 0 Å². The van der Waals surface area contributed by atoms with Gasteiger partial charge in [0.05, 0.1) is 12.2 Å². The Bertz CT molecular complexity index is 504. The highest BCUT2D eigenvalue weighted by atomic mass is 19.1. The maximum Gasteiger partial charge on any atom is 0.123 e. The van der Waals surface area contributed by atoms with E-state index in [0.717, 1.165) is 23.7 Å². The average molecular weight is 471 g/mol. The van der Waals surface area contributed by atoms with Crippen LogP contribution < -0.4 is 0 Å². The van der Waals surface area contributed by atoms with Gasteiger partial charge in [0, 0.05) is 13.2 Å². The van der Waals surface area contributed by atoms with Crippen molar-refractivity contribution in [3.8, 4) is 0 Å². The van der Waals surface area contributed by atoms with Gasteiger partial charge in [-0.15, -0.1) is 0 Å². The summed E-state index contributed by atoms with van der Waals surface area (Å²) in [6.45, 7) is 7.11. The molecule has 0 amide bonds. The van der Waals surface area contributed by atoms with Crippen LogP contribution in [0.2, 0.25) is 0 Å². The minimum atomic E-state index is -1.02. The first-order valence-corrected chi connectivity index (χ1v) is 14.4. The SMILES string of the molecule is CC1CCC(COC(CCC(CF)OCC2CCC(C3CCC(C)CC3)CC2)C(C)F)CC1. The largest absolute Gasteiger partial charge is 0.375 e. The summed E-state index contributed by atoms with van der Waals surface area (Å²) in [4.78, 5) is 0. The number of rotatable bonds is 12. The van der Waals surface area contributed by atoms with Crippen molar-refractivity contribution in [3.63, 3.8) is 0 Å².